The van der Waals surface area contributed by atoms with Crippen LogP contribution in [0.1, 0.15) is 58.6 Å². The first-order chi connectivity index (χ1) is 13.1. The van der Waals surface area contributed by atoms with Gasteiger partial charge in [0, 0.05) is 43.4 Å². The summed E-state index contributed by atoms with van der Waals surface area (Å²) in [4.78, 5) is 31.7. The molecule has 0 spiro atoms. The van der Waals surface area contributed by atoms with E-state index in [-0.39, 0.29) is 17.6 Å². The molecule has 4 nitrogen and oxygen atoms in total. The Bertz CT molecular complexity index is 853. The zero-order valence-corrected chi connectivity index (χ0v) is 15.9. The highest BCUT2D eigenvalue weighted by Gasteiger charge is 2.32. The molecule has 1 unspecified atom stereocenters. The van der Waals surface area contributed by atoms with Crippen molar-refractivity contribution in [1.82, 2.24) is 9.88 Å². The number of ketones is 1. The molecule has 2 heterocycles. The molecule has 27 heavy (non-hydrogen) atoms. The maximum absolute atomic E-state index is 13.1. The summed E-state index contributed by atoms with van der Waals surface area (Å²) < 4.78 is 0. The van der Waals surface area contributed by atoms with Crippen LogP contribution in [0.25, 0.3) is 0 Å². The van der Waals surface area contributed by atoms with Gasteiger partial charge in [-0.1, -0.05) is 24.3 Å². The first-order valence-electron chi connectivity index (χ1n) is 9.94. The summed E-state index contributed by atoms with van der Waals surface area (Å²) in [6, 6.07) is 10.5. The number of aryl methyl sites for hydroxylation is 2. The van der Waals surface area contributed by atoms with E-state index in [0.717, 1.165) is 44.3 Å². The molecule has 1 aliphatic heterocycles. The van der Waals surface area contributed by atoms with E-state index in [4.69, 9.17) is 0 Å². The van der Waals surface area contributed by atoms with Gasteiger partial charge in [0.25, 0.3) is 0 Å². The van der Waals surface area contributed by atoms with Crippen molar-refractivity contribution in [3.63, 3.8) is 0 Å². The lowest BCUT2D eigenvalue weighted by Gasteiger charge is -2.34. The standard InChI is InChI=1S/C23H26N2O2/c1-16-4-2-3-5-20(16)18-9-12-25(13-10-18)23(27)19-7-6-17-8-11-24-15-21(17)22(26)14-19/h2-5,8,11,15,18-19H,6-7,9-10,12-14H2,1H3. The average molecular weight is 362 g/mol. The van der Waals surface area contributed by atoms with Gasteiger partial charge < -0.3 is 4.90 Å². The van der Waals surface area contributed by atoms with E-state index in [1.54, 1.807) is 12.4 Å². The van der Waals surface area contributed by atoms with E-state index in [2.05, 4.69) is 36.2 Å². The second-order valence-electron chi connectivity index (χ2n) is 7.85. The second kappa shape index (κ2) is 7.63. The Kier molecular flexibility index (Phi) is 5.06. The number of fused-ring (bicyclic) bond motifs is 1. The van der Waals surface area contributed by atoms with Crippen LogP contribution in [0.4, 0.5) is 0 Å². The van der Waals surface area contributed by atoms with E-state index < -0.39 is 0 Å². The lowest BCUT2D eigenvalue weighted by atomic mass is 9.86. The zero-order chi connectivity index (χ0) is 18.8. The van der Waals surface area contributed by atoms with Crippen LogP contribution in [0.3, 0.4) is 0 Å². The molecule has 0 N–H and O–H groups in total. The number of nitrogens with zero attached hydrogens (tertiary/aromatic N) is 2. The first kappa shape index (κ1) is 17.9. The number of carbonyl (C=O) groups excluding carboxylic acids is 2. The van der Waals surface area contributed by atoms with Crippen LogP contribution in [-0.4, -0.2) is 34.7 Å². The van der Waals surface area contributed by atoms with Crippen LogP contribution in [0.2, 0.25) is 0 Å². The van der Waals surface area contributed by atoms with Gasteiger partial charge in [-0.3, -0.25) is 14.6 Å². The fourth-order valence-corrected chi connectivity index (χ4v) is 4.58. The van der Waals surface area contributed by atoms with Gasteiger partial charge in [0.1, 0.15) is 0 Å². The van der Waals surface area contributed by atoms with Crippen molar-refractivity contribution >= 4 is 11.7 Å². The molecule has 1 aliphatic carbocycles. The van der Waals surface area contributed by atoms with Crippen molar-refractivity contribution in [3.8, 4) is 0 Å². The summed E-state index contributed by atoms with van der Waals surface area (Å²) in [6.07, 6.45) is 7.22. The van der Waals surface area contributed by atoms with Gasteiger partial charge in [0.05, 0.1) is 0 Å². The maximum atomic E-state index is 13.1. The third-order valence-corrected chi connectivity index (χ3v) is 6.19. The quantitative estimate of drug-likeness (QED) is 0.761. The number of pyridine rings is 1. The number of benzene rings is 1. The summed E-state index contributed by atoms with van der Waals surface area (Å²) in [7, 11) is 0. The van der Waals surface area contributed by atoms with Gasteiger partial charge in [-0.15, -0.1) is 0 Å². The number of amides is 1. The number of hydrogen-bond acceptors (Lipinski definition) is 3. The van der Waals surface area contributed by atoms with Crippen molar-refractivity contribution < 1.29 is 9.59 Å². The minimum Gasteiger partial charge on any atom is -0.342 e. The average Bonchev–Trinajstić information content (AvgIpc) is 2.87. The molecule has 140 valence electrons. The number of rotatable bonds is 2. The van der Waals surface area contributed by atoms with E-state index >= 15 is 0 Å². The van der Waals surface area contributed by atoms with E-state index in [9.17, 15) is 9.59 Å². The molecular weight excluding hydrogens is 336 g/mol. The Hall–Kier alpha value is -2.49. The monoisotopic (exact) mass is 362 g/mol. The number of carbonyl (C=O) groups is 2. The highest BCUT2D eigenvalue weighted by atomic mass is 16.2. The molecule has 1 amide bonds. The molecule has 0 bridgehead atoms. The van der Waals surface area contributed by atoms with Crippen LogP contribution in [-0.2, 0) is 11.2 Å². The SMILES string of the molecule is Cc1ccccc1C1CCN(C(=O)C2CCc3ccncc3C(=O)C2)CC1. The van der Waals surface area contributed by atoms with Crippen LogP contribution >= 0.6 is 0 Å². The minimum absolute atomic E-state index is 0.0590. The predicted octanol–water partition coefficient (Wildman–Crippen LogP) is 3.93. The molecule has 1 aromatic heterocycles. The molecule has 1 saturated heterocycles. The third kappa shape index (κ3) is 3.66. The summed E-state index contributed by atoms with van der Waals surface area (Å²) in [5.41, 5.74) is 4.48. The van der Waals surface area contributed by atoms with Crippen LogP contribution in [0.15, 0.2) is 42.7 Å². The molecule has 0 saturated carbocycles. The smallest absolute Gasteiger partial charge is 0.226 e. The third-order valence-electron chi connectivity index (χ3n) is 6.19. The Balaban J connectivity index is 1.40. The molecule has 4 rings (SSSR count). The van der Waals surface area contributed by atoms with E-state index in [1.807, 2.05) is 11.0 Å². The molecule has 4 heteroatoms. The molecule has 1 fully saturated rings. The summed E-state index contributed by atoms with van der Waals surface area (Å²) >= 11 is 0. The molecule has 1 atom stereocenters. The number of Topliss-reactive ketones (excluding diaryl/α,β-unsaturated/α-hetero) is 1. The fraction of sp³-hybridized carbons (Fsp3) is 0.435. The Labute approximate surface area is 160 Å². The molecule has 1 aromatic carbocycles. The number of piperidine rings is 1. The summed E-state index contributed by atoms with van der Waals surface area (Å²) in [6.45, 7) is 3.74. The number of hydrogen-bond donors (Lipinski definition) is 0. The normalized spacial score (nSPS) is 20.9. The highest BCUT2D eigenvalue weighted by Crippen LogP contribution is 2.32. The molecule has 2 aliphatic rings. The predicted molar refractivity (Wildman–Crippen MR) is 105 cm³/mol. The first-order valence-corrected chi connectivity index (χ1v) is 9.94. The van der Waals surface area contributed by atoms with Gasteiger partial charge in [-0.25, -0.2) is 0 Å². The van der Waals surface area contributed by atoms with Crippen LogP contribution in [0.5, 0.6) is 0 Å². The minimum atomic E-state index is -0.195. The van der Waals surface area contributed by atoms with Crippen molar-refractivity contribution in [3.05, 3.63) is 65.0 Å². The van der Waals surface area contributed by atoms with Gasteiger partial charge >= 0.3 is 0 Å². The largest absolute Gasteiger partial charge is 0.342 e. The lowest BCUT2D eigenvalue weighted by Crippen LogP contribution is -2.41. The molecule has 2 aromatic rings. The molecular formula is C23H26N2O2. The second-order valence-corrected chi connectivity index (χ2v) is 7.85. The topological polar surface area (TPSA) is 50.3 Å². The van der Waals surface area contributed by atoms with Crippen molar-refractivity contribution in [2.75, 3.05) is 13.1 Å². The molecule has 0 radical (unpaired) electrons. The number of aromatic nitrogens is 1. The van der Waals surface area contributed by atoms with Crippen LogP contribution in [0, 0.1) is 12.8 Å². The van der Waals surface area contributed by atoms with Gasteiger partial charge in [-0.2, -0.15) is 0 Å². The summed E-state index contributed by atoms with van der Waals surface area (Å²) in [5.74, 6) is 0.553. The zero-order valence-electron chi connectivity index (χ0n) is 15.9. The fourth-order valence-electron chi connectivity index (χ4n) is 4.58. The lowest BCUT2D eigenvalue weighted by molar-refractivity contribution is -0.136. The van der Waals surface area contributed by atoms with Crippen molar-refractivity contribution in [2.45, 2.75) is 44.9 Å². The van der Waals surface area contributed by atoms with Gasteiger partial charge in [0.15, 0.2) is 5.78 Å². The van der Waals surface area contributed by atoms with E-state index in [0.29, 0.717) is 17.9 Å². The van der Waals surface area contributed by atoms with Crippen molar-refractivity contribution in [2.24, 2.45) is 5.92 Å². The summed E-state index contributed by atoms with van der Waals surface area (Å²) in [5, 5.41) is 0. The Morgan fingerprint density at radius 3 is 2.67 bits per heavy atom. The van der Waals surface area contributed by atoms with E-state index in [1.165, 1.54) is 11.1 Å². The van der Waals surface area contributed by atoms with Crippen LogP contribution < -0.4 is 0 Å². The highest BCUT2D eigenvalue weighted by molar-refractivity contribution is 6.00. The van der Waals surface area contributed by atoms with Crippen molar-refractivity contribution in [1.29, 1.82) is 0 Å². The van der Waals surface area contributed by atoms with Gasteiger partial charge in [-0.05, 0) is 61.3 Å². The number of likely N-dealkylation sites (tertiary alicyclic amines) is 1. The Morgan fingerprint density at radius 1 is 1.11 bits per heavy atom. The van der Waals surface area contributed by atoms with Gasteiger partial charge in [0.2, 0.25) is 5.91 Å². The maximum Gasteiger partial charge on any atom is 0.226 e. The Morgan fingerprint density at radius 2 is 1.89 bits per heavy atom.